The Balaban J connectivity index is 1.67. The first-order valence-electron chi connectivity index (χ1n) is 7.74. The number of benzene rings is 1. The van der Waals surface area contributed by atoms with E-state index < -0.39 is 11.7 Å². The van der Waals surface area contributed by atoms with Crippen LogP contribution in [0, 0.1) is 5.82 Å². The van der Waals surface area contributed by atoms with Gasteiger partial charge in [-0.05, 0) is 24.3 Å². The highest BCUT2D eigenvalue weighted by molar-refractivity contribution is 6.34. The molecule has 1 saturated heterocycles. The molecule has 2 amide bonds. The Kier molecular flexibility index (Phi) is 5.14. The highest BCUT2D eigenvalue weighted by atomic mass is 35.5. The van der Waals surface area contributed by atoms with Crippen molar-refractivity contribution < 1.29 is 14.0 Å². The number of carbonyl (C=O) groups excluding carboxylic acids is 2. The van der Waals surface area contributed by atoms with Gasteiger partial charge in [0.05, 0.1) is 22.5 Å². The molecule has 2 heterocycles. The Morgan fingerprint density at radius 2 is 1.96 bits per heavy atom. The van der Waals surface area contributed by atoms with Crippen LogP contribution in [0.25, 0.3) is 0 Å². The number of pyridine rings is 1. The summed E-state index contributed by atoms with van der Waals surface area (Å²) < 4.78 is 13.8. The lowest BCUT2D eigenvalue weighted by Crippen LogP contribution is -2.46. The average molecular weight is 363 g/mol. The van der Waals surface area contributed by atoms with E-state index in [2.05, 4.69) is 15.2 Å². The number of nitrogens with zero attached hydrogens (tertiary/aromatic N) is 3. The molecule has 8 heteroatoms. The maximum Gasteiger partial charge on any atom is 0.260 e. The lowest BCUT2D eigenvalue weighted by molar-refractivity contribution is -0.118. The molecule has 0 spiro atoms. The van der Waals surface area contributed by atoms with E-state index in [0.717, 1.165) is 12.2 Å². The van der Waals surface area contributed by atoms with Crippen molar-refractivity contribution in [3.8, 4) is 0 Å². The van der Waals surface area contributed by atoms with Crippen LogP contribution in [0.1, 0.15) is 10.4 Å². The zero-order valence-corrected chi connectivity index (χ0v) is 14.0. The Labute approximate surface area is 149 Å². The van der Waals surface area contributed by atoms with Crippen LogP contribution >= 0.6 is 11.6 Å². The van der Waals surface area contributed by atoms with Crippen LogP contribution in [0.5, 0.6) is 0 Å². The third kappa shape index (κ3) is 3.88. The molecule has 2 aromatic rings. The zero-order chi connectivity index (χ0) is 17.8. The SMILES string of the molecule is O=CN1CCN(c2ccc(NC(=O)c3c(F)cccc3Cl)cn2)CC1. The second-order valence-corrected chi connectivity index (χ2v) is 5.99. The summed E-state index contributed by atoms with van der Waals surface area (Å²) in [6.45, 7) is 2.69. The topological polar surface area (TPSA) is 65.5 Å². The number of carbonyl (C=O) groups is 2. The maximum atomic E-state index is 13.8. The Hall–Kier alpha value is -2.67. The number of hydrogen-bond donors (Lipinski definition) is 1. The third-order valence-electron chi connectivity index (χ3n) is 3.98. The summed E-state index contributed by atoms with van der Waals surface area (Å²) in [7, 11) is 0. The van der Waals surface area contributed by atoms with E-state index in [1.807, 2.05) is 0 Å². The van der Waals surface area contributed by atoms with Gasteiger partial charge in [-0.1, -0.05) is 17.7 Å². The van der Waals surface area contributed by atoms with Gasteiger partial charge in [0.2, 0.25) is 6.41 Å². The fraction of sp³-hybridized carbons (Fsp3) is 0.235. The highest BCUT2D eigenvalue weighted by Crippen LogP contribution is 2.21. The van der Waals surface area contributed by atoms with E-state index in [0.29, 0.717) is 31.9 Å². The van der Waals surface area contributed by atoms with Crippen LogP contribution in [0.4, 0.5) is 15.9 Å². The normalized spacial score (nSPS) is 14.3. The largest absolute Gasteiger partial charge is 0.353 e. The first-order chi connectivity index (χ1) is 12.1. The minimum Gasteiger partial charge on any atom is -0.353 e. The first kappa shape index (κ1) is 17.2. The molecule has 1 aliphatic rings. The summed E-state index contributed by atoms with van der Waals surface area (Å²) in [6.07, 6.45) is 2.35. The summed E-state index contributed by atoms with van der Waals surface area (Å²) in [4.78, 5) is 31.0. The fourth-order valence-corrected chi connectivity index (χ4v) is 2.86. The molecule has 6 nitrogen and oxygen atoms in total. The van der Waals surface area contributed by atoms with Gasteiger partial charge in [0.25, 0.3) is 5.91 Å². The van der Waals surface area contributed by atoms with Crippen LogP contribution < -0.4 is 10.2 Å². The van der Waals surface area contributed by atoms with E-state index in [1.165, 1.54) is 24.4 Å². The van der Waals surface area contributed by atoms with Crippen LogP contribution in [-0.2, 0) is 4.79 Å². The summed E-state index contributed by atoms with van der Waals surface area (Å²) in [6, 6.07) is 7.55. The zero-order valence-electron chi connectivity index (χ0n) is 13.3. The van der Waals surface area contributed by atoms with Gasteiger partial charge in [-0.15, -0.1) is 0 Å². The van der Waals surface area contributed by atoms with Crippen molar-refractivity contribution in [2.24, 2.45) is 0 Å². The van der Waals surface area contributed by atoms with Crippen molar-refractivity contribution in [2.75, 3.05) is 36.4 Å². The predicted octanol–water partition coefficient (Wildman–Crippen LogP) is 2.40. The van der Waals surface area contributed by atoms with Crippen LogP contribution in [0.2, 0.25) is 5.02 Å². The Morgan fingerprint density at radius 1 is 1.20 bits per heavy atom. The Bertz CT molecular complexity index is 756. The van der Waals surface area contributed by atoms with Gasteiger partial charge in [0, 0.05) is 26.2 Å². The summed E-state index contributed by atoms with van der Waals surface area (Å²) in [5, 5.41) is 2.64. The van der Waals surface area contributed by atoms with E-state index >= 15 is 0 Å². The van der Waals surface area contributed by atoms with Crippen molar-refractivity contribution in [2.45, 2.75) is 0 Å². The molecule has 1 fully saturated rings. The molecule has 130 valence electrons. The summed E-state index contributed by atoms with van der Waals surface area (Å²) in [5.41, 5.74) is 0.248. The molecule has 1 aromatic carbocycles. The monoisotopic (exact) mass is 362 g/mol. The quantitative estimate of drug-likeness (QED) is 0.848. The van der Waals surface area contributed by atoms with Crippen LogP contribution in [0.3, 0.4) is 0 Å². The standard InChI is InChI=1S/C17H16ClFN4O2/c18-13-2-1-3-14(19)16(13)17(25)21-12-4-5-15(20-10-12)23-8-6-22(11-24)7-9-23/h1-5,10-11H,6-9H2,(H,21,25). The lowest BCUT2D eigenvalue weighted by Gasteiger charge is -2.33. The molecule has 0 saturated carbocycles. The molecule has 3 rings (SSSR count). The van der Waals surface area contributed by atoms with Gasteiger partial charge in [-0.2, -0.15) is 0 Å². The fourth-order valence-electron chi connectivity index (χ4n) is 2.61. The number of piperazine rings is 1. The maximum absolute atomic E-state index is 13.8. The van der Waals surface area contributed by atoms with E-state index in [-0.39, 0.29) is 10.6 Å². The van der Waals surface area contributed by atoms with Crippen molar-refractivity contribution in [1.82, 2.24) is 9.88 Å². The van der Waals surface area contributed by atoms with E-state index in [9.17, 15) is 14.0 Å². The number of halogens is 2. The second-order valence-electron chi connectivity index (χ2n) is 5.58. The molecule has 1 aliphatic heterocycles. The first-order valence-corrected chi connectivity index (χ1v) is 8.12. The molecule has 0 bridgehead atoms. The summed E-state index contributed by atoms with van der Waals surface area (Å²) in [5.74, 6) is -0.549. The number of amides is 2. The van der Waals surface area contributed by atoms with Gasteiger partial charge < -0.3 is 15.1 Å². The minimum absolute atomic E-state index is 0.0510. The van der Waals surface area contributed by atoms with Crippen molar-refractivity contribution >= 4 is 35.4 Å². The van der Waals surface area contributed by atoms with Crippen molar-refractivity contribution in [3.63, 3.8) is 0 Å². The predicted molar refractivity (Wildman–Crippen MR) is 93.5 cm³/mol. The van der Waals surface area contributed by atoms with Crippen LogP contribution in [-0.4, -0.2) is 48.4 Å². The molecular weight excluding hydrogens is 347 g/mol. The lowest BCUT2D eigenvalue weighted by atomic mass is 10.2. The van der Waals surface area contributed by atoms with Crippen molar-refractivity contribution in [1.29, 1.82) is 0 Å². The molecule has 0 radical (unpaired) electrons. The Morgan fingerprint density at radius 3 is 2.56 bits per heavy atom. The minimum atomic E-state index is -0.678. The number of aromatic nitrogens is 1. The smallest absolute Gasteiger partial charge is 0.260 e. The van der Waals surface area contributed by atoms with E-state index in [4.69, 9.17) is 11.6 Å². The molecule has 0 aliphatic carbocycles. The number of rotatable bonds is 4. The van der Waals surface area contributed by atoms with Gasteiger partial charge in [-0.3, -0.25) is 9.59 Å². The van der Waals surface area contributed by atoms with Gasteiger partial charge >= 0.3 is 0 Å². The van der Waals surface area contributed by atoms with Gasteiger partial charge in [-0.25, -0.2) is 9.37 Å². The third-order valence-corrected chi connectivity index (χ3v) is 4.30. The summed E-state index contributed by atoms with van der Waals surface area (Å²) >= 11 is 5.89. The number of anilines is 2. The molecule has 0 atom stereocenters. The molecule has 25 heavy (non-hydrogen) atoms. The molecule has 1 aromatic heterocycles. The number of hydrogen-bond acceptors (Lipinski definition) is 4. The molecule has 1 N–H and O–H groups in total. The van der Waals surface area contributed by atoms with Gasteiger partial charge in [0.15, 0.2) is 0 Å². The molecular formula is C17H16ClFN4O2. The number of nitrogens with one attached hydrogen (secondary N) is 1. The van der Waals surface area contributed by atoms with Crippen LogP contribution in [0.15, 0.2) is 36.5 Å². The van der Waals surface area contributed by atoms with Crippen molar-refractivity contribution in [3.05, 3.63) is 52.9 Å². The molecule has 0 unspecified atom stereocenters. The highest BCUT2D eigenvalue weighted by Gasteiger charge is 2.18. The van der Waals surface area contributed by atoms with Gasteiger partial charge in [0.1, 0.15) is 11.6 Å². The van der Waals surface area contributed by atoms with E-state index in [1.54, 1.807) is 17.0 Å². The average Bonchev–Trinajstić information content (AvgIpc) is 2.62. The second kappa shape index (κ2) is 7.48.